The Morgan fingerprint density at radius 1 is 1.18 bits per heavy atom. The Morgan fingerprint density at radius 2 is 1.73 bits per heavy atom. The van der Waals surface area contributed by atoms with Gasteiger partial charge in [-0.15, -0.1) is 0 Å². The van der Waals surface area contributed by atoms with Gasteiger partial charge in [0.15, 0.2) is 0 Å². The van der Waals surface area contributed by atoms with E-state index in [1.54, 1.807) is 0 Å². The molecule has 0 aliphatic carbocycles. The van der Waals surface area contributed by atoms with Crippen molar-refractivity contribution in [3.8, 4) is 0 Å². The molecule has 0 saturated heterocycles. The highest BCUT2D eigenvalue weighted by molar-refractivity contribution is 4.64. The molecule has 0 saturated carbocycles. The van der Waals surface area contributed by atoms with Gasteiger partial charge in [-0.3, -0.25) is 0 Å². The van der Waals surface area contributed by atoms with Gasteiger partial charge in [-0.2, -0.15) is 0 Å². The molecule has 2 unspecified atom stereocenters. The van der Waals surface area contributed by atoms with Crippen molar-refractivity contribution >= 4 is 0 Å². The summed E-state index contributed by atoms with van der Waals surface area (Å²) in [4.78, 5) is 0. The lowest BCUT2D eigenvalue weighted by Gasteiger charge is -2.21. The van der Waals surface area contributed by atoms with Crippen LogP contribution in [0.4, 0.5) is 0 Å². The molecule has 0 aromatic carbocycles. The summed E-state index contributed by atoms with van der Waals surface area (Å²) < 4.78 is 0. The van der Waals surface area contributed by atoms with Gasteiger partial charge in [0.25, 0.3) is 0 Å². The van der Waals surface area contributed by atoms with Crippen molar-refractivity contribution in [1.29, 1.82) is 0 Å². The van der Waals surface area contributed by atoms with Gasteiger partial charge in [0.05, 0.1) is 0 Å². The summed E-state index contributed by atoms with van der Waals surface area (Å²) in [6.07, 6.45) is 2.40. The van der Waals surface area contributed by atoms with Crippen LogP contribution in [0.5, 0.6) is 0 Å². The first-order valence-corrected chi connectivity index (χ1v) is 4.72. The molecule has 1 heteroatoms. The molecule has 11 heavy (non-hydrogen) atoms. The molecule has 0 spiro atoms. The highest BCUT2D eigenvalue weighted by Crippen LogP contribution is 2.21. The van der Waals surface area contributed by atoms with Crippen molar-refractivity contribution in [2.24, 2.45) is 17.8 Å². The summed E-state index contributed by atoms with van der Waals surface area (Å²) in [5, 5.41) is 9.04. The standard InChI is InChI=1S/C10H22O/c1-5-9(4)6-10(7-11)8(2)3/h8-11H,5-7H2,1-4H3. The summed E-state index contributed by atoms with van der Waals surface area (Å²) in [5.41, 5.74) is 0. The molecule has 0 heterocycles. The molecule has 0 aliphatic heterocycles. The Bertz CT molecular complexity index is 88.9. The smallest absolute Gasteiger partial charge is 0.0461 e. The zero-order valence-electron chi connectivity index (χ0n) is 8.30. The van der Waals surface area contributed by atoms with Gasteiger partial charge in [-0.25, -0.2) is 0 Å². The highest BCUT2D eigenvalue weighted by atomic mass is 16.3. The Hall–Kier alpha value is -0.0400. The summed E-state index contributed by atoms with van der Waals surface area (Å²) in [7, 11) is 0. The second-order valence-electron chi connectivity index (χ2n) is 3.94. The zero-order valence-corrected chi connectivity index (χ0v) is 8.30. The topological polar surface area (TPSA) is 20.2 Å². The van der Waals surface area contributed by atoms with Crippen LogP contribution in [0.15, 0.2) is 0 Å². The maximum atomic E-state index is 9.04. The zero-order chi connectivity index (χ0) is 8.85. The van der Waals surface area contributed by atoms with E-state index in [-0.39, 0.29) is 0 Å². The van der Waals surface area contributed by atoms with E-state index in [0.717, 1.165) is 5.92 Å². The molecule has 0 bridgehead atoms. The van der Waals surface area contributed by atoms with Crippen LogP contribution >= 0.6 is 0 Å². The van der Waals surface area contributed by atoms with Crippen molar-refractivity contribution in [2.75, 3.05) is 6.61 Å². The Morgan fingerprint density at radius 3 is 2.00 bits per heavy atom. The molecule has 1 nitrogen and oxygen atoms in total. The van der Waals surface area contributed by atoms with E-state index in [1.165, 1.54) is 12.8 Å². The van der Waals surface area contributed by atoms with Gasteiger partial charge in [0, 0.05) is 6.61 Å². The number of rotatable bonds is 5. The van der Waals surface area contributed by atoms with Crippen LogP contribution in [0.25, 0.3) is 0 Å². The molecule has 0 aromatic rings. The minimum absolute atomic E-state index is 0.349. The van der Waals surface area contributed by atoms with Crippen LogP contribution in [0, 0.1) is 17.8 Å². The van der Waals surface area contributed by atoms with Gasteiger partial charge in [-0.1, -0.05) is 34.1 Å². The summed E-state index contributed by atoms with van der Waals surface area (Å²) >= 11 is 0. The quantitative estimate of drug-likeness (QED) is 0.652. The fraction of sp³-hybridized carbons (Fsp3) is 1.00. The van der Waals surface area contributed by atoms with E-state index in [1.807, 2.05) is 0 Å². The van der Waals surface area contributed by atoms with E-state index in [9.17, 15) is 0 Å². The number of aliphatic hydroxyl groups is 1. The summed E-state index contributed by atoms with van der Waals surface area (Å²) in [5.74, 6) is 1.88. The van der Waals surface area contributed by atoms with E-state index < -0.39 is 0 Å². The van der Waals surface area contributed by atoms with Gasteiger partial charge in [0.2, 0.25) is 0 Å². The van der Waals surface area contributed by atoms with Gasteiger partial charge in [0.1, 0.15) is 0 Å². The molecule has 1 N–H and O–H groups in total. The van der Waals surface area contributed by atoms with Gasteiger partial charge < -0.3 is 5.11 Å². The average molecular weight is 158 g/mol. The minimum atomic E-state index is 0.349. The largest absolute Gasteiger partial charge is 0.396 e. The van der Waals surface area contributed by atoms with Crippen molar-refractivity contribution in [3.05, 3.63) is 0 Å². The average Bonchev–Trinajstić information content (AvgIpc) is 1.99. The van der Waals surface area contributed by atoms with Crippen molar-refractivity contribution in [2.45, 2.75) is 40.5 Å². The Kier molecular flexibility index (Phi) is 5.57. The Labute approximate surface area is 70.8 Å². The summed E-state index contributed by atoms with van der Waals surface area (Å²) in [6.45, 7) is 9.18. The second-order valence-corrected chi connectivity index (χ2v) is 3.94. The first-order valence-electron chi connectivity index (χ1n) is 4.72. The molecule has 0 radical (unpaired) electrons. The van der Waals surface area contributed by atoms with E-state index in [0.29, 0.717) is 18.4 Å². The van der Waals surface area contributed by atoms with E-state index in [2.05, 4.69) is 27.7 Å². The molecular formula is C10H22O. The highest BCUT2D eigenvalue weighted by Gasteiger charge is 2.14. The van der Waals surface area contributed by atoms with Gasteiger partial charge >= 0.3 is 0 Å². The monoisotopic (exact) mass is 158 g/mol. The minimum Gasteiger partial charge on any atom is -0.396 e. The first kappa shape index (κ1) is 11.0. The van der Waals surface area contributed by atoms with E-state index >= 15 is 0 Å². The van der Waals surface area contributed by atoms with Crippen LogP contribution in [0.1, 0.15) is 40.5 Å². The molecule has 2 atom stereocenters. The Balaban J connectivity index is 3.68. The normalized spacial score (nSPS) is 16.9. The fourth-order valence-electron chi connectivity index (χ4n) is 1.24. The van der Waals surface area contributed by atoms with Crippen LogP contribution < -0.4 is 0 Å². The third-order valence-electron chi connectivity index (χ3n) is 2.58. The van der Waals surface area contributed by atoms with Gasteiger partial charge in [-0.05, 0) is 24.2 Å². The third-order valence-corrected chi connectivity index (χ3v) is 2.58. The van der Waals surface area contributed by atoms with Crippen LogP contribution in [-0.4, -0.2) is 11.7 Å². The molecular weight excluding hydrogens is 136 g/mol. The van der Waals surface area contributed by atoms with Crippen molar-refractivity contribution in [1.82, 2.24) is 0 Å². The first-order chi connectivity index (χ1) is 5.11. The number of hydrogen-bond acceptors (Lipinski definition) is 1. The number of aliphatic hydroxyl groups excluding tert-OH is 1. The predicted octanol–water partition coefficient (Wildman–Crippen LogP) is 2.69. The SMILES string of the molecule is CCC(C)CC(CO)C(C)C. The van der Waals surface area contributed by atoms with Crippen LogP contribution in [-0.2, 0) is 0 Å². The predicted molar refractivity (Wildman–Crippen MR) is 49.5 cm³/mol. The fourth-order valence-corrected chi connectivity index (χ4v) is 1.24. The molecule has 0 aromatic heterocycles. The lowest BCUT2D eigenvalue weighted by Crippen LogP contribution is -2.16. The van der Waals surface area contributed by atoms with Crippen LogP contribution in [0.2, 0.25) is 0 Å². The van der Waals surface area contributed by atoms with Crippen LogP contribution in [0.3, 0.4) is 0 Å². The lowest BCUT2D eigenvalue weighted by molar-refractivity contribution is 0.164. The van der Waals surface area contributed by atoms with Crippen molar-refractivity contribution in [3.63, 3.8) is 0 Å². The molecule has 0 aliphatic rings. The second kappa shape index (κ2) is 5.59. The maximum Gasteiger partial charge on any atom is 0.0461 e. The molecule has 0 amide bonds. The number of hydrogen-bond donors (Lipinski definition) is 1. The summed E-state index contributed by atoms with van der Waals surface area (Å²) in [6, 6.07) is 0. The maximum absolute atomic E-state index is 9.04. The lowest BCUT2D eigenvalue weighted by atomic mass is 9.87. The third kappa shape index (κ3) is 4.41. The van der Waals surface area contributed by atoms with E-state index in [4.69, 9.17) is 5.11 Å². The molecule has 0 fully saturated rings. The van der Waals surface area contributed by atoms with Crippen molar-refractivity contribution < 1.29 is 5.11 Å². The molecule has 0 rings (SSSR count). The molecule has 68 valence electrons.